The van der Waals surface area contributed by atoms with Gasteiger partial charge in [-0.1, -0.05) is 0 Å². The fraction of sp³-hybridized carbons (Fsp3) is 0.300. The standard InChI is InChI=1S/C7H7.CHO2.2CH3.Sn/c1-7-5-3-2-4-6-7;2-1-3;;;/h2-5H,1H3;(H,2,3);2*1H3;. The zero-order valence-electron chi connectivity index (χ0n) is 8.16. The molecule has 13 heavy (non-hydrogen) atoms. The Bertz CT molecular complexity index is 331. The van der Waals surface area contributed by atoms with Crippen LogP contribution in [0.15, 0.2) is 24.3 Å². The molecule has 0 aliphatic heterocycles. The predicted octanol–water partition coefficient (Wildman–Crippen LogP) is 2.17. The van der Waals surface area contributed by atoms with Crippen molar-refractivity contribution in [2.45, 2.75) is 16.8 Å². The van der Waals surface area contributed by atoms with Crippen LogP contribution in [0.5, 0.6) is 0 Å². The molecule has 0 aliphatic carbocycles. The summed E-state index contributed by atoms with van der Waals surface area (Å²) in [4.78, 5) is 14.9. The molecule has 0 radical (unpaired) electrons. The average Bonchev–Trinajstić information content (AvgIpc) is 2.04. The van der Waals surface area contributed by atoms with E-state index < -0.39 is 22.4 Å². The maximum atomic E-state index is 11.1. The van der Waals surface area contributed by atoms with Gasteiger partial charge in [-0.2, -0.15) is 0 Å². The summed E-state index contributed by atoms with van der Waals surface area (Å²) in [5.74, 6) is 0. The number of carboxylic acid groups (broad SMARTS) is 1. The summed E-state index contributed by atoms with van der Waals surface area (Å²) in [6.07, 6.45) is 0. The monoisotopic (exact) mass is 286 g/mol. The van der Waals surface area contributed by atoms with Crippen molar-refractivity contribution in [2.24, 2.45) is 0 Å². The van der Waals surface area contributed by atoms with Crippen LogP contribution in [0.1, 0.15) is 5.56 Å². The Kier molecular flexibility index (Phi) is 3.01. The third-order valence-electron chi connectivity index (χ3n) is 2.35. The van der Waals surface area contributed by atoms with Crippen molar-refractivity contribution < 1.29 is 9.90 Å². The van der Waals surface area contributed by atoms with Gasteiger partial charge in [0, 0.05) is 0 Å². The van der Waals surface area contributed by atoms with Crippen molar-refractivity contribution in [3.05, 3.63) is 29.8 Å². The molecule has 1 aromatic rings. The zero-order valence-corrected chi connectivity index (χ0v) is 11.0. The van der Waals surface area contributed by atoms with E-state index in [0.717, 1.165) is 9.14 Å². The number of rotatable bonds is 2. The number of benzene rings is 1. The molecule has 0 aliphatic rings. The second-order valence-corrected chi connectivity index (χ2v) is 15.8. The van der Waals surface area contributed by atoms with Crippen LogP contribution in [0.4, 0.5) is 4.79 Å². The Hall–Kier alpha value is -0.511. The molecule has 2 nitrogen and oxygen atoms in total. The maximum absolute atomic E-state index is 11.1. The molecule has 3 heteroatoms. The molecule has 70 valence electrons. The predicted molar refractivity (Wildman–Crippen MR) is 56.3 cm³/mol. The van der Waals surface area contributed by atoms with Crippen LogP contribution in [0, 0.1) is 6.92 Å². The zero-order chi connectivity index (χ0) is 10.1. The van der Waals surface area contributed by atoms with Crippen LogP contribution in [-0.4, -0.2) is 27.5 Å². The van der Waals surface area contributed by atoms with Gasteiger partial charge >= 0.3 is 82.5 Å². The number of hydrogen-bond acceptors (Lipinski definition) is 1. The van der Waals surface area contributed by atoms with Crippen molar-refractivity contribution in [3.8, 4) is 0 Å². The molecule has 0 fully saturated rings. The van der Waals surface area contributed by atoms with Gasteiger partial charge in [-0.3, -0.25) is 0 Å². The van der Waals surface area contributed by atoms with Crippen LogP contribution in [0.2, 0.25) is 9.88 Å². The van der Waals surface area contributed by atoms with Crippen LogP contribution >= 0.6 is 0 Å². The van der Waals surface area contributed by atoms with Gasteiger partial charge in [0.15, 0.2) is 0 Å². The number of hydrogen-bond donors (Lipinski definition) is 1. The molecule has 0 saturated heterocycles. The topological polar surface area (TPSA) is 37.3 Å². The molecule has 0 bridgehead atoms. The molecule has 0 spiro atoms. The van der Waals surface area contributed by atoms with Gasteiger partial charge in [-0.05, 0) is 0 Å². The minimum atomic E-state index is -3.04. The second kappa shape index (κ2) is 3.70. The molecule has 0 atom stereocenters. The average molecular weight is 285 g/mol. The summed E-state index contributed by atoms with van der Waals surface area (Å²) in [5, 5.41) is 9.11. The number of carbonyl (C=O) groups is 1. The molecule has 0 saturated carbocycles. The Morgan fingerprint density at radius 3 is 2.31 bits per heavy atom. The van der Waals surface area contributed by atoms with Crippen LogP contribution in [0.25, 0.3) is 0 Å². The van der Waals surface area contributed by atoms with Gasteiger partial charge < -0.3 is 0 Å². The molecule has 1 N–H and O–H groups in total. The summed E-state index contributed by atoms with van der Waals surface area (Å²) in [7, 11) is 0. The Morgan fingerprint density at radius 1 is 1.31 bits per heavy atom. The first-order valence-electron chi connectivity index (χ1n) is 4.26. The van der Waals surface area contributed by atoms with E-state index in [1.165, 1.54) is 0 Å². The van der Waals surface area contributed by atoms with Gasteiger partial charge in [-0.25, -0.2) is 0 Å². The third-order valence-corrected chi connectivity index (χ3v) is 10.8. The Balaban J connectivity index is 3.22. The first-order valence-corrected chi connectivity index (χ1v) is 12.8. The van der Waals surface area contributed by atoms with E-state index in [1.807, 2.05) is 41.1 Å². The molecule has 1 rings (SSSR count). The molecule has 0 aromatic heterocycles. The van der Waals surface area contributed by atoms with Crippen molar-refractivity contribution in [1.82, 2.24) is 0 Å². The first kappa shape index (κ1) is 10.6. The molecule has 0 amide bonds. The minimum absolute atomic E-state index is 0.580. The molecule has 0 heterocycles. The van der Waals surface area contributed by atoms with Crippen molar-refractivity contribution in [2.75, 3.05) is 0 Å². The molecular formula is C10H14O2Sn. The summed E-state index contributed by atoms with van der Waals surface area (Å²) >= 11 is -3.04. The Morgan fingerprint density at radius 2 is 1.85 bits per heavy atom. The van der Waals surface area contributed by atoms with E-state index in [-0.39, 0.29) is 0 Å². The first-order chi connectivity index (χ1) is 5.96. The van der Waals surface area contributed by atoms with Crippen molar-refractivity contribution in [3.63, 3.8) is 0 Å². The van der Waals surface area contributed by atoms with E-state index in [1.54, 1.807) is 0 Å². The fourth-order valence-electron chi connectivity index (χ4n) is 1.39. The van der Waals surface area contributed by atoms with E-state index in [9.17, 15) is 4.79 Å². The quantitative estimate of drug-likeness (QED) is 0.845. The SMILES string of the molecule is Cc1cccc[c]1[Sn]([CH3])([CH3])[C](=O)O. The fourth-order valence-corrected chi connectivity index (χ4v) is 6.56. The summed E-state index contributed by atoms with van der Waals surface area (Å²) in [5.41, 5.74) is 1.12. The van der Waals surface area contributed by atoms with Gasteiger partial charge in [0.1, 0.15) is 0 Å². The summed E-state index contributed by atoms with van der Waals surface area (Å²) < 4.78 is 0.507. The van der Waals surface area contributed by atoms with Crippen molar-refractivity contribution >= 4 is 25.9 Å². The van der Waals surface area contributed by atoms with Gasteiger partial charge in [0.25, 0.3) is 0 Å². The van der Waals surface area contributed by atoms with Gasteiger partial charge in [-0.15, -0.1) is 0 Å². The van der Waals surface area contributed by atoms with E-state index in [2.05, 4.69) is 0 Å². The molecular weight excluding hydrogens is 271 g/mol. The molecule has 0 unspecified atom stereocenters. The third kappa shape index (κ3) is 2.05. The Labute approximate surface area is 82.5 Å². The summed E-state index contributed by atoms with van der Waals surface area (Å²) in [6, 6.07) is 7.81. The van der Waals surface area contributed by atoms with Crippen molar-refractivity contribution in [1.29, 1.82) is 0 Å². The van der Waals surface area contributed by atoms with Gasteiger partial charge in [0.2, 0.25) is 0 Å². The van der Waals surface area contributed by atoms with E-state index in [4.69, 9.17) is 5.11 Å². The van der Waals surface area contributed by atoms with Crippen LogP contribution in [0.3, 0.4) is 0 Å². The number of aryl methyl sites for hydroxylation is 1. The summed E-state index contributed by atoms with van der Waals surface area (Å²) in [6.45, 7) is 1.98. The van der Waals surface area contributed by atoms with Crippen LogP contribution < -0.4 is 3.58 Å². The normalized spacial score (nSPS) is 11.3. The van der Waals surface area contributed by atoms with Crippen LogP contribution in [-0.2, 0) is 0 Å². The second-order valence-electron chi connectivity index (χ2n) is 3.75. The van der Waals surface area contributed by atoms with Gasteiger partial charge in [0.05, 0.1) is 0 Å². The van der Waals surface area contributed by atoms with E-state index in [0.29, 0.717) is 0 Å². The molecule has 1 aromatic carbocycles. The van der Waals surface area contributed by atoms with E-state index >= 15 is 0 Å².